The summed E-state index contributed by atoms with van der Waals surface area (Å²) in [7, 11) is 0. The van der Waals surface area contributed by atoms with E-state index in [1.807, 2.05) is 0 Å². The molecule has 9 unspecified atom stereocenters. The van der Waals surface area contributed by atoms with Crippen LogP contribution in [0.2, 0.25) is 0 Å². The van der Waals surface area contributed by atoms with Gasteiger partial charge in [0.1, 0.15) is 24.4 Å². The average molecular weight is 613 g/mol. The van der Waals surface area contributed by atoms with E-state index in [0.717, 1.165) is 6.42 Å². The predicted octanol–water partition coefficient (Wildman–Crippen LogP) is 3.21. The lowest BCUT2D eigenvalue weighted by Crippen LogP contribution is -2.66. The molecular formula is C33H40O11. The minimum atomic E-state index is -1.49. The lowest BCUT2D eigenvalue weighted by molar-refractivity contribution is -0.232. The SMILES string of the molecule is CC(=O)OC(C)C12C=CC=CC(=O)OC3CC4OC5C=C(C)CCC5(COC(=O)C=C(CCO1)C2OC(C)=O)C3(C)C41CO1. The molecule has 0 aromatic rings. The van der Waals surface area contributed by atoms with Gasteiger partial charge in [-0.2, -0.15) is 0 Å². The molecule has 0 amide bonds. The Morgan fingerprint density at radius 3 is 2.50 bits per heavy atom. The molecule has 6 aliphatic rings. The first-order chi connectivity index (χ1) is 20.9. The molecule has 0 N–H and O–H groups in total. The number of allylic oxidation sites excluding steroid dienone is 3. The van der Waals surface area contributed by atoms with Crippen molar-refractivity contribution in [2.45, 2.75) is 102 Å². The zero-order valence-electron chi connectivity index (χ0n) is 25.8. The van der Waals surface area contributed by atoms with Gasteiger partial charge in [-0.15, -0.1) is 0 Å². The molecular weight excluding hydrogens is 572 g/mol. The summed E-state index contributed by atoms with van der Waals surface area (Å²) in [6.07, 6.45) is 8.33. The summed E-state index contributed by atoms with van der Waals surface area (Å²) < 4.78 is 42.5. The Hall–Kier alpha value is -3.28. The molecule has 1 saturated carbocycles. The van der Waals surface area contributed by atoms with E-state index >= 15 is 0 Å². The minimum absolute atomic E-state index is 0.00586. The normalized spacial score (nSPS) is 41.8. The Kier molecular flexibility index (Phi) is 7.65. The van der Waals surface area contributed by atoms with Crippen LogP contribution in [0.1, 0.15) is 60.3 Å². The summed E-state index contributed by atoms with van der Waals surface area (Å²) in [5, 5.41) is 0. The van der Waals surface area contributed by atoms with Gasteiger partial charge in [-0.1, -0.05) is 30.7 Å². The standard InChI is InChI=1S/C33H40O11/c1-19-9-12-31-17-38-28(37)15-23-10-13-39-32(20(2)41-21(3)34,29(23)42-22(4)35)11-7-6-8-27(36)44-24-16-26(43-25(31)14-19)33(18-40-33)30(24,31)5/h6-8,11,14-15,20,24-26,29H,9-10,12-13,16-18H2,1-5H3. The number of cyclic esters (lactones) is 1. The van der Waals surface area contributed by atoms with Crippen molar-refractivity contribution in [3.8, 4) is 0 Å². The molecule has 2 spiro atoms. The molecule has 238 valence electrons. The summed E-state index contributed by atoms with van der Waals surface area (Å²) >= 11 is 0. The first-order valence-electron chi connectivity index (χ1n) is 15.3. The molecule has 4 aliphatic heterocycles. The smallest absolute Gasteiger partial charge is 0.331 e. The Bertz CT molecular complexity index is 1370. The van der Waals surface area contributed by atoms with E-state index in [9.17, 15) is 19.2 Å². The maximum absolute atomic E-state index is 13.6. The van der Waals surface area contributed by atoms with Gasteiger partial charge in [0.15, 0.2) is 11.7 Å². The van der Waals surface area contributed by atoms with Crippen LogP contribution < -0.4 is 0 Å². The number of hydrogen-bond acceptors (Lipinski definition) is 11. The maximum atomic E-state index is 13.6. The summed E-state index contributed by atoms with van der Waals surface area (Å²) in [5.74, 6) is -2.35. The summed E-state index contributed by atoms with van der Waals surface area (Å²) in [5.41, 5.74) is -1.91. The van der Waals surface area contributed by atoms with Crippen LogP contribution in [-0.2, 0) is 52.3 Å². The molecule has 6 rings (SSSR count). The highest BCUT2D eigenvalue weighted by atomic mass is 16.6. The molecule has 4 bridgehead atoms. The number of carbonyl (C=O) groups is 4. The number of fused-ring (bicyclic) bond motifs is 2. The monoisotopic (exact) mass is 612 g/mol. The first-order valence-corrected chi connectivity index (χ1v) is 15.3. The van der Waals surface area contributed by atoms with Gasteiger partial charge in [0.25, 0.3) is 0 Å². The van der Waals surface area contributed by atoms with Crippen molar-refractivity contribution in [2.24, 2.45) is 10.8 Å². The van der Waals surface area contributed by atoms with E-state index in [4.69, 9.17) is 33.2 Å². The van der Waals surface area contributed by atoms with Gasteiger partial charge in [-0.3, -0.25) is 9.59 Å². The number of esters is 4. The van der Waals surface area contributed by atoms with Crippen LogP contribution in [-0.4, -0.2) is 85.4 Å². The van der Waals surface area contributed by atoms with Gasteiger partial charge in [0, 0.05) is 37.8 Å². The van der Waals surface area contributed by atoms with E-state index in [1.54, 1.807) is 19.1 Å². The Morgan fingerprint density at radius 1 is 1.02 bits per heavy atom. The van der Waals surface area contributed by atoms with Crippen molar-refractivity contribution < 1.29 is 52.3 Å². The van der Waals surface area contributed by atoms with Gasteiger partial charge >= 0.3 is 23.9 Å². The van der Waals surface area contributed by atoms with Crippen molar-refractivity contribution in [3.63, 3.8) is 0 Å². The van der Waals surface area contributed by atoms with Crippen LogP contribution in [0, 0.1) is 10.8 Å². The van der Waals surface area contributed by atoms with Gasteiger partial charge in [0.05, 0.1) is 30.8 Å². The lowest BCUT2D eigenvalue weighted by Gasteiger charge is -2.58. The third kappa shape index (κ3) is 4.66. The van der Waals surface area contributed by atoms with Crippen molar-refractivity contribution in [1.82, 2.24) is 0 Å². The molecule has 3 saturated heterocycles. The molecule has 4 heterocycles. The fourth-order valence-electron chi connectivity index (χ4n) is 8.31. The summed E-state index contributed by atoms with van der Waals surface area (Å²) in [6, 6.07) is 0. The Balaban J connectivity index is 1.45. The van der Waals surface area contributed by atoms with Gasteiger partial charge in [0.2, 0.25) is 0 Å². The number of epoxide rings is 1. The second-order valence-corrected chi connectivity index (χ2v) is 13.0. The summed E-state index contributed by atoms with van der Waals surface area (Å²) in [6.45, 7) is 8.90. The third-order valence-electron chi connectivity index (χ3n) is 10.7. The molecule has 11 heteroatoms. The van der Waals surface area contributed by atoms with Crippen LogP contribution >= 0.6 is 0 Å². The Labute approximate surface area is 256 Å². The topological polar surface area (TPSA) is 136 Å². The van der Waals surface area contributed by atoms with Crippen LogP contribution in [0.4, 0.5) is 0 Å². The fourth-order valence-corrected chi connectivity index (χ4v) is 8.31. The number of ether oxygens (including phenoxy) is 7. The minimum Gasteiger partial charge on any atom is -0.462 e. The van der Waals surface area contributed by atoms with Gasteiger partial charge in [-0.25, -0.2) is 9.59 Å². The number of hydrogen-bond donors (Lipinski definition) is 0. The number of carbonyl (C=O) groups excluding carboxylic acids is 4. The molecule has 44 heavy (non-hydrogen) atoms. The quantitative estimate of drug-likeness (QED) is 0.201. The largest absolute Gasteiger partial charge is 0.462 e. The van der Waals surface area contributed by atoms with Crippen molar-refractivity contribution in [3.05, 3.63) is 47.6 Å². The second kappa shape index (κ2) is 11.0. The molecule has 9 atom stereocenters. The highest BCUT2D eigenvalue weighted by Gasteiger charge is 2.83. The van der Waals surface area contributed by atoms with Crippen LogP contribution in [0.15, 0.2) is 47.6 Å². The van der Waals surface area contributed by atoms with Gasteiger partial charge < -0.3 is 33.2 Å². The molecule has 0 aromatic heterocycles. The highest BCUT2D eigenvalue weighted by Crippen LogP contribution is 2.72. The van der Waals surface area contributed by atoms with Crippen LogP contribution in [0.25, 0.3) is 0 Å². The molecule has 0 aromatic carbocycles. The Morgan fingerprint density at radius 2 is 1.80 bits per heavy atom. The van der Waals surface area contributed by atoms with E-state index in [0.29, 0.717) is 25.0 Å². The lowest BCUT2D eigenvalue weighted by atomic mass is 9.51. The number of rotatable bonds is 3. The molecule has 0 radical (unpaired) electrons. The van der Waals surface area contributed by atoms with Crippen molar-refractivity contribution in [2.75, 3.05) is 19.8 Å². The molecule has 4 fully saturated rings. The molecule has 2 aliphatic carbocycles. The van der Waals surface area contributed by atoms with E-state index in [1.165, 1.54) is 37.6 Å². The van der Waals surface area contributed by atoms with E-state index in [2.05, 4.69) is 19.9 Å². The maximum Gasteiger partial charge on any atom is 0.331 e. The van der Waals surface area contributed by atoms with Gasteiger partial charge in [-0.05, 0) is 44.8 Å². The fraction of sp³-hybridized carbons (Fsp3) is 0.636. The molecule has 11 nitrogen and oxygen atoms in total. The summed E-state index contributed by atoms with van der Waals surface area (Å²) in [4.78, 5) is 51.2. The third-order valence-corrected chi connectivity index (χ3v) is 10.7. The zero-order chi connectivity index (χ0) is 31.5. The van der Waals surface area contributed by atoms with Crippen LogP contribution in [0.5, 0.6) is 0 Å². The zero-order valence-corrected chi connectivity index (χ0v) is 25.8. The predicted molar refractivity (Wildman–Crippen MR) is 153 cm³/mol. The average Bonchev–Trinajstić information content (AvgIpc) is 3.73. The highest BCUT2D eigenvalue weighted by molar-refractivity contribution is 5.84. The van der Waals surface area contributed by atoms with E-state index < -0.39 is 64.2 Å². The van der Waals surface area contributed by atoms with Crippen LogP contribution in [0.3, 0.4) is 0 Å². The first kappa shape index (κ1) is 30.7. The van der Waals surface area contributed by atoms with E-state index in [-0.39, 0.29) is 31.8 Å². The van der Waals surface area contributed by atoms with Crippen molar-refractivity contribution >= 4 is 23.9 Å². The second-order valence-electron chi connectivity index (χ2n) is 13.0. The van der Waals surface area contributed by atoms with Crippen molar-refractivity contribution in [1.29, 1.82) is 0 Å².